The summed E-state index contributed by atoms with van der Waals surface area (Å²) < 4.78 is 2.03. The van der Waals surface area contributed by atoms with Gasteiger partial charge in [-0.15, -0.1) is 0 Å². The standard InChI is InChI=1S/C27H27N7S/c1-3-7-20(8-4-1)17-33-14-11-22(12-15-33)29-25-24-26(34(19-28-24)23-13-16-35-18-23)32-27(31-25)30-21-9-5-2-6-10-21/h1-10,13,16,18-19,22H,11-12,14-15,17H2,(H2,29,30,31,32). The smallest absolute Gasteiger partial charge is 0.231 e. The Labute approximate surface area is 208 Å². The Morgan fingerprint density at radius 1 is 0.914 bits per heavy atom. The van der Waals surface area contributed by atoms with Gasteiger partial charge < -0.3 is 10.6 Å². The van der Waals surface area contributed by atoms with Gasteiger partial charge in [0.15, 0.2) is 17.0 Å². The molecule has 2 N–H and O–H groups in total. The molecule has 8 heteroatoms. The first-order chi connectivity index (χ1) is 17.3. The summed E-state index contributed by atoms with van der Waals surface area (Å²) in [6.45, 7) is 3.11. The first kappa shape index (κ1) is 21.8. The summed E-state index contributed by atoms with van der Waals surface area (Å²) in [7, 11) is 0. The first-order valence-corrected chi connectivity index (χ1v) is 12.9. The van der Waals surface area contributed by atoms with Crippen molar-refractivity contribution in [2.24, 2.45) is 0 Å². The van der Waals surface area contributed by atoms with Gasteiger partial charge in [-0.3, -0.25) is 9.47 Å². The molecule has 5 aromatic rings. The van der Waals surface area contributed by atoms with Crippen molar-refractivity contribution in [3.8, 4) is 5.69 Å². The summed E-state index contributed by atoms with van der Waals surface area (Å²) in [4.78, 5) is 16.9. The topological polar surface area (TPSA) is 70.9 Å². The third-order valence-corrected chi connectivity index (χ3v) is 7.06. The Morgan fingerprint density at radius 3 is 2.43 bits per heavy atom. The van der Waals surface area contributed by atoms with Crippen LogP contribution in [0.25, 0.3) is 16.9 Å². The molecule has 0 amide bonds. The van der Waals surface area contributed by atoms with Crippen LogP contribution >= 0.6 is 11.3 Å². The number of rotatable bonds is 7. The van der Waals surface area contributed by atoms with Crippen LogP contribution in [0.5, 0.6) is 0 Å². The van der Waals surface area contributed by atoms with Gasteiger partial charge in [-0.1, -0.05) is 48.5 Å². The Morgan fingerprint density at radius 2 is 1.69 bits per heavy atom. The van der Waals surface area contributed by atoms with Crippen LogP contribution < -0.4 is 10.6 Å². The van der Waals surface area contributed by atoms with E-state index in [1.807, 2.05) is 41.2 Å². The maximum absolute atomic E-state index is 4.85. The van der Waals surface area contributed by atoms with Gasteiger partial charge in [-0.2, -0.15) is 21.3 Å². The van der Waals surface area contributed by atoms with Crippen molar-refractivity contribution in [2.45, 2.75) is 25.4 Å². The van der Waals surface area contributed by atoms with Crippen molar-refractivity contribution in [3.05, 3.63) is 89.4 Å². The fourth-order valence-electron chi connectivity index (χ4n) is 4.56. The average Bonchev–Trinajstić information content (AvgIpc) is 3.57. The van der Waals surface area contributed by atoms with E-state index in [9.17, 15) is 0 Å². The number of piperidine rings is 1. The average molecular weight is 482 g/mol. The van der Waals surface area contributed by atoms with E-state index in [4.69, 9.17) is 15.0 Å². The number of hydrogen-bond acceptors (Lipinski definition) is 7. The summed E-state index contributed by atoms with van der Waals surface area (Å²) >= 11 is 1.66. The van der Waals surface area contributed by atoms with Crippen molar-refractivity contribution in [2.75, 3.05) is 23.7 Å². The lowest BCUT2D eigenvalue weighted by atomic mass is 10.0. The Hall–Kier alpha value is -3.75. The zero-order chi connectivity index (χ0) is 23.5. The lowest BCUT2D eigenvalue weighted by molar-refractivity contribution is 0.211. The van der Waals surface area contributed by atoms with E-state index in [1.54, 1.807) is 11.3 Å². The lowest BCUT2D eigenvalue weighted by Crippen LogP contribution is -2.38. The molecule has 35 heavy (non-hydrogen) atoms. The van der Waals surface area contributed by atoms with E-state index in [-0.39, 0.29) is 0 Å². The summed E-state index contributed by atoms with van der Waals surface area (Å²) in [5.74, 6) is 1.34. The van der Waals surface area contributed by atoms with Crippen molar-refractivity contribution < 1.29 is 0 Å². The van der Waals surface area contributed by atoms with Crippen LogP contribution in [0.3, 0.4) is 0 Å². The highest BCUT2D eigenvalue weighted by atomic mass is 32.1. The minimum atomic E-state index is 0.344. The largest absolute Gasteiger partial charge is 0.365 e. The maximum Gasteiger partial charge on any atom is 0.231 e. The number of imidazole rings is 1. The summed E-state index contributed by atoms with van der Waals surface area (Å²) in [6, 6.07) is 23.1. The molecule has 1 saturated heterocycles. The van der Waals surface area contributed by atoms with E-state index in [0.29, 0.717) is 12.0 Å². The highest BCUT2D eigenvalue weighted by Crippen LogP contribution is 2.27. The predicted molar refractivity (Wildman–Crippen MR) is 143 cm³/mol. The molecule has 176 valence electrons. The molecule has 0 radical (unpaired) electrons. The molecule has 2 aromatic carbocycles. The van der Waals surface area contributed by atoms with Gasteiger partial charge in [-0.05, 0) is 42.0 Å². The Bertz CT molecular complexity index is 1380. The van der Waals surface area contributed by atoms with Gasteiger partial charge in [0, 0.05) is 36.7 Å². The van der Waals surface area contributed by atoms with Crippen molar-refractivity contribution >= 4 is 40.0 Å². The number of aromatic nitrogens is 4. The molecule has 0 bridgehead atoms. The summed E-state index contributed by atoms with van der Waals surface area (Å²) in [6.07, 6.45) is 3.96. The van der Waals surface area contributed by atoms with Gasteiger partial charge in [0.05, 0.1) is 5.69 Å². The van der Waals surface area contributed by atoms with Crippen molar-refractivity contribution in [3.63, 3.8) is 0 Å². The van der Waals surface area contributed by atoms with Crippen LogP contribution in [-0.2, 0) is 6.54 Å². The summed E-state index contributed by atoms with van der Waals surface area (Å²) in [5.41, 5.74) is 4.96. The van der Waals surface area contributed by atoms with E-state index in [2.05, 4.69) is 62.7 Å². The highest BCUT2D eigenvalue weighted by Gasteiger charge is 2.22. The van der Waals surface area contributed by atoms with E-state index in [0.717, 1.165) is 60.8 Å². The van der Waals surface area contributed by atoms with Gasteiger partial charge in [0.25, 0.3) is 0 Å². The van der Waals surface area contributed by atoms with Gasteiger partial charge >= 0.3 is 0 Å². The second-order valence-electron chi connectivity index (χ2n) is 8.84. The minimum Gasteiger partial charge on any atom is -0.365 e. The molecule has 0 atom stereocenters. The predicted octanol–water partition coefficient (Wildman–Crippen LogP) is 5.70. The molecule has 3 aromatic heterocycles. The number of fused-ring (bicyclic) bond motifs is 1. The van der Waals surface area contributed by atoms with Crippen LogP contribution in [0.2, 0.25) is 0 Å². The monoisotopic (exact) mass is 481 g/mol. The molecular weight excluding hydrogens is 454 g/mol. The van der Waals surface area contributed by atoms with E-state index >= 15 is 0 Å². The quantitative estimate of drug-likeness (QED) is 0.311. The lowest BCUT2D eigenvalue weighted by Gasteiger charge is -2.32. The number of hydrogen-bond donors (Lipinski definition) is 2. The number of nitrogens with one attached hydrogen (secondary N) is 2. The van der Waals surface area contributed by atoms with E-state index < -0.39 is 0 Å². The van der Waals surface area contributed by atoms with Crippen molar-refractivity contribution in [1.82, 2.24) is 24.4 Å². The second-order valence-corrected chi connectivity index (χ2v) is 9.62. The molecule has 0 saturated carbocycles. The molecule has 1 aliphatic heterocycles. The molecular formula is C27H27N7S. The van der Waals surface area contributed by atoms with E-state index in [1.165, 1.54) is 5.56 Å². The number of anilines is 3. The number of benzene rings is 2. The SMILES string of the molecule is c1ccc(CN2CCC(Nc3nc(Nc4ccccc4)nc4c3ncn4-c3ccsc3)CC2)cc1. The molecule has 7 nitrogen and oxygen atoms in total. The van der Waals surface area contributed by atoms with Crippen LogP contribution in [0.15, 0.2) is 83.8 Å². The van der Waals surface area contributed by atoms with Crippen LogP contribution in [0, 0.1) is 0 Å². The molecule has 1 aliphatic rings. The normalized spacial score (nSPS) is 14.9. The number of nitrogens with zero attached hydrogens (tertiary/aromatic N) is 5. The summed E-state index contributed by atoms with van der Waals surface area (Å²) in [5, 5.41) is 11.2. The van der Waals surface area contributed by atoms with Crippen LogP contribution in [-0.4, -0.2) is 43.6 Å². The van der Waals surface area contributed by atoms with Gasteiger partial charge in [0.2, 0.25) is 5.95 Å². The minimum absolute atomic E-state index is 0.344. The number of likely N-dealkylation sites (tertiary alicyclic amines) is 1. The van der Waals surface area contributed by atoms with Gasteiger partial charge in [0.1, 0.15) is 6.33 Å². The number of thiophene rings is 1. The second kappa shape index (κ2) is 9.85. The zero-order valence-corrected chi connectivity index (χ0v) is 20.2. The van der Waals surface area contributed by atoms with Gasteiger partial charge in [-0.25, -0.2) is 4.98 Å². The molecule has 0 aliphatic carbocycles. The molecule has 4 heterocycles. The van der Waals surface area contributed by atoms with Crippen LogP contribution in [0.1, 0.15) is 18.4 Å². The number of para-hydroxylation sites is 1. The molecule has 1 fully saturated rings. The zero-order valence-electron chi connectivity index (χ0n) is 19.3. The Kier molecular flexibility index (Phi) is 6.13. The van der Waals surface area contributed by atoms with Crippen LogP contribution in [0.4, 0.5) is 17.5 Å². The Balaban J connectivity index is 1.24. The molecule has 0 unspecified atom stereocenters. The van der Waals surface area contributed by atoms with Crippen molar-refractivity contribution in [1.29, 1.82) is 0 Å². The molecule has 6 rings (SSSR count). The first-order valence-electron chi connectivity index (χ1n) is 11.9. The fraction of sp³-hybridized carbons (Fsp3) is 0.222. The maximum atomic E-state index is 4.85. The highest BCUT2D eigenvalue weighted by molar-refractivity contribution is 7.08. The molecule has 0 spiro atoms. The third-order valence-electron chi connectivity index (χ3n) is 6.39. The fourth-order valence-corrected chi connectivity index (χ4v) is 5.19. The third kappa shape index (κ3) is 4.89.